The molecule has 1 aromatic carbocycles. The molecule has 2 aliphatic heterocycles. The second-order valence-corrected chi connectivity index (χ2v) is 6.20. The summed E-state index contributed by atoms with van der Waals surface area (Å²) in [5.41, 5.74) is 0.556. The van der Waals surface area contributed by atoms with Gasteiger partial charge in [0.2, 0.25) is 11.8 Å². The van der Waals surface area contributed by atoms with Crippen LogP contribution in [-0.2, 0) is 14.1 Å². The first-order valence-corrected chi connectivity index (χ1v) is 8.20. The first-order chi connectivity index (χ1) is 12.5. The van der Waals surface area contributed by atoms with Gasteiger partial charge in [0.1, 0.15) is 11.6 Å². The van der Waals surface area contributed by atoms with Crippen LogP contribution >= 0.6 is 0 Å². The molecule has 0 amide bonds. The minimum Gasteiger partial charge on any atom is -0.494 e. The van der Waals surface area contributed by atoms with Gasteiger partial charge in [-0.2, -0.15) is 5.10 Å². The van der Waals surface area contributed by atoms with E-state index in [0.717, 1.165) is 20.3 Å². The number of hydrogen-bond acceptors (Lipinski definition) is 7. The van der Waals surface area contributed by atoms with E-state index in [4.69, 9.17) is 0 Å². The van der Waals surface area contributed by atoms with E-state index in [1.807, 2.05) is 24.3 Å². The SMILES string of the molecule is Cn1c(O)c([C@H]2c3ccccc3C=NN2C2=NCCN2)c(=O)n(C)c1=O. The Labute approximate surface area is 148 Å². The fraction of sp³-hybridized carbons (Fsp3) is 0.294. The molecule has 0 unspecified atom stereocenters. The molecule has 0 aliphatic carbocycles. The predicted octanol–water partition coefficient (Wildman–Crippen LogP) is -0.512. The number of aromatic nitrogens is 2. The van der Waals surface area contributed by atoms with Crippen molar-refractivity contribution in [3.05, 3.63) is 61.8 Å². The number of rotatable bonds is 1. The monoisotopic (exact) mass is 354 g/mol. The van der Waals surface area contributed by atoms with Crippen molar-refractivity contribution >= 4 is 12.2 Å². The van der Waals surface area contributed by atoms with E-state index in [9.17, 15) is 14.7 Å². The number of hydrazone groups is 1. The number of nitrogens with zero attached hydrogens (tertiary/aromatic N) is 5. The molecular formula is C17H18N6O3. The molecule has 0 fully saturated rings. The van der Waals surface area contributed by atoms with E-state index in [0.29, 0.717) is 19.0 Å². The van der Waals surface area contributed by atoms with E-state index < -0.39 is 17.3 Å². The summed E-state index contributed by atoms with van der Waals surface area (Å²) in [7, 11) is 2.82. The first-order valence-electron chi connectivity index (χ1n) is 8.20. The molecule has 26 heavy (non-hydrogen) atoms. The number of aromatic hydroxyl groups is 1. The lowest BCUT2D eigenvalue weighted by molar-refractivity contribution is 0.330. The van der Waals surface area contributed by atoms with E-state index in [1.165, 1.54) is 14.1 Å². The summed E-state index contributed by atoms with van der Waals surface area (Å²) >= 11 is 0. The van der Waals surface area contributed by atoms with Crippen molar-refractivity contribution in [1.29, 1.82) is 0 Å². The van der Waals surface area contributed by atoms with Crippen molar-refractivity contribution in [1.82, 2.24) is 19.5 Å². The summed E-state index contributed by atoms with van der Waals surface area (Å²) < 4.78 is 2.04. The normalized spacial score (nSPS) is 18.5. The summed E-state index contributed by atoms with van der Waals surface area (Å²) in [6.45, 7) is 1.28. The largest absolute Gasteiger partial charge is 0.494 e. The molecule has 2 aliphatic rings. The van der Waals surface area contributed by atoms with Crippen molar-refractivity contribution in [2.75, 3.05) is 13.1 Å². The van der Waals surface area contributed by atoms with Crippen LogP contribution in [0.5, 0.6) is 5.88 Å². The number of benzene rings is 1. The lowest BCUT2D eigenvalue weighted by Crippen LogP contribution is -2.45. The van der Waals surface area contributed by atoms with Crippen LogP contribution in [0.15, 0.2) is 43.9 Å². The lowest BCUT2D eigenvalue weighted by atomic mass is 9.94. The van der Waals surface area contributed by atoms with Crippen LogP contribution in [0.4, 0.5) is 0 Å². The van der Waals surface area contributed by atoms with Gasteiger partial charge in [0.25, 0.3) is 5.56 Å². The second kappa shape index (κ2) is 5.87. The van der Waals surface area contributed by atoms with Gasteiger partial charge in [-0.25, -0.2) is 14.8 Å². The molecule has 9 nitrogen and oxygen atoms in total. The summed E-state index contributed by atoms with van der Waals surface area (Å²) in [5.74, 6) is 0.148. The average Bonchev–Trinajstić information content (AvgIpc) is 3.19. The van der Waals surface area contributed by atoms with Gasteiger partial charge in [-0.15, -0.1) is 0 Å². The Bertz CT molecular complexity index is 1070. The van der Waals surface area contributed by atoms with Gasteiger partial charge in [-0.3, -0.25) is 13.9 Å². The zero-order chi connectivity index (χ0) is 18.4. The molecule has 0 saturated carbocycles. The zero-order valence-corrected chi connectivity index (χ0v) is 14.4. The highest BCUT2D eigenvalue weighted by molar-refractivity contribution is 5.89. The minimum absolute atomic E-state index is 0.0790. The molecule has 0 bridgehead atoms. The molecule has 4 rings (SSSR count). The van der Waals surface area contributed by atoms with Gasteiger partial charge in [-0.1, -0.05) is 24.3 Å². The fourth-order valence-corrected chi connectivity index (χ4v) is 3.29. The van der Waals surface area contributed by atoms with E-state index in [2.05, 4.69) is 15.4 Å². The van der Waals surface area contributed by atoms with Gasteiger partial charge in [0.15, 0.2) is 0 Å². The third-order valence-electron chi connectivity index (χ3n) is 4.67. The Balaban J connectivity index is 2.02. The van der Waals surface area contributed by atoms with Crippen LogP contribution in [0, 0.1) is 0 Å². The number of fused-ring (bicyclic) bond motifs is 1. The maximum Gasteiger partial charge on any atom is 0.333 e. The Kier molecular flexibility index (Phi) is 3.64. The zero-order valence-electron chi connectivity index (χ0n) is 14.4. The van der Waals surface area contributed by atoms with Gasteiger partial charge in [0.05, 0.1) is 12.8 Å². The van der Waals surface area contributed by atoms with Crippen LogP contribution in [0.3, 0.4) is 0 Å². The molecule has 0 spiro atoms. The van der Waals surface area contributed by atoms with Gasteiger partial charge < -0.3 is 10.4 Å². The standard InChI is InChI=1S/C17H18N6O3/c1-21-14(24)12(15(25)22(2)17(21)26)13-11-6-4-3-5-10(11)9-20-23(13)16-18-7-8-19-16/h3-6,9,13,24H,7-8H2,1-2H3,(H,18,19)/t13-/m1/s1. The average molecular weight is 354 g/mol. The molecule has 2 aromatic rings. The highest BCUT2D eigenvalue weighted by atomic mass is 16.3. The Morgan fingerprint density at radius 3 is 2.69 bits per heavy atom. The molecule has 134 valence electrons. The predicted molar refractivity (Wildman–Crippen MR) is 96.6 cm³/mol. The lowest BCUT2D eigenvalue weighted by Gasteiger charge is -2.33. The minimum atomic E-state index is -0.703. The van der Waals surface area contributed by atoms with Gasteiger partial charge in [0, 0.05) is 26.2 Å². The summed E-state index contributed by atoms with van der Waals surface area (Å²) in [6, 6.07) is 6.79. The van der Waals surface area contributed by atoms with E-state index >= 15 is 0 Å². The number of guanidine groups is 1. The Morgan fingerprint density at radius 2 is 1.96 bits per heavy atom. The second-order valence-electron chi connectivity index (χ2n) is 6.20. The van der Waals surface area contributed by atoms with Crippen molar-refractivity contribution in [2.24, 2.45) is 24.2 Å². The number of hydrogen-bond donors (Lipinski definition) is 2. The van der Waals surface area contributed by atoms with Crippen molar-refractivity contribution < 1.29 is 5.11 Å². The van der Waals surface area contributed by atoms with Gasteiger partial charge in [-0.05, 0) is 5.56 Å². The summed E-state index contributed by atoms with van der Waals surface area (Å²) in [4.78, 5) is 29.4. The van der Waals surface area contributed by atoms with Crippen LogP contribution < -0.4 is 16.6 Å². The van der Waals surface area contributed by atoms with Crippen LogP contribution in [0.25, 0.3) is 0 Å². The third kappa shape index (κ3) is 2.24. The molecule has 3 heterocycles. The molecule has 9 heteroatoms. The van der Waals surface area contributed by atoms with E-state index in [1.54, 1.807) is 11.2 Å². The molecular weight excluding hydrogens is 336 g/mol. The first kappa shape index (κ1) is 16.1. The van der Waals surface area contributed by atoms with Crippen LogP contribution in [0.1, 0.15) is 22.7 Å². The van der Waals surface area contributed by atoms with Crippen LogP contribution in [-0.4, -0.2) is 44.5 Å². The van der Waals surface area contributed by atoms with Crippen molar-refractivity contribution in [3.8, 4) is 5.88 Å². The Hall–Kier alpha value is -3.36. The summed E-state index contributed by atoms with van der Waals surface area (Å²) in [5, 5.41) is 19.8. The topological polar surface area (TPSA) is 104 Å². The van der Waals surface area contributed by atoms with Crippen molar-refractivity contribution in [3.63, 3.8) is 0 Å². The maximum absolute atomic E-state index is 12.9. The number of nitrogens with one attached hydrogen (secondary N) is 1. The van der Waals surface area contributed by atoms with Crippen molar-refractivity contribution in [2.45, 2.75) is 6.04 Å². The number of aliphatic imine (C=N–C) groups is 1. The molecule has 0 saturated heterocycles. The third-order valence-corrected chi connectivity index (χ3v) is 4.67. The summed E-state index contributed by atoms with van der Waals surface area (Å²) in [6.07, 6.45) is 1.69. The van der Waals surface area contributed by atoms with E-state index in [-0.39, 0.29) is 11.4 Å². The maximum atomic E-state index is 12.9. The quantitative estimate of drug-likeness (QED) is 0.718. The molecule has 1 atom stereocenters. The highest BCUT2D eigenvalue weighted by Gasteiger charge is 2.36. The van der Waals surface area contributed by atoms with Gasteiger partial charge >= 0.3 is 5.69 Å². The smallest absolute Gasteiger partial charge is 0.333 e. The fourth-order valence-electron chi connectivity index (χ4n) is 3.29. The van der Waals surface area contributed by atoms with Crippen LogP contribution in [0.2, 0.25) is 0 Å². The Morgan fingerprint density at radius 1 is 1.19 bits per heavy atom. The highest BCUT2D eigenvalue weighted by Crippen LogP contribution is 2.35. The molecule has 1 aromatic heterocycles. The molecule has 2 N–H and O–H groups in total. The molecule has 0 radical (unpaired) electrons.